The van der Waals surface area contributed by atoms with Crippen molar-refractivity contribution in [3.8, 4) is 0 Å². The van der Waals surface area contributed by atoms with Crippen molar-refractivity contribution in [2.45, 2.75) is 39.7 Å². The zero-order valence-corrected chi connectivity index (χ0v) is 11.3. The average Bonchev–Trinajstić information content (AvgIpc) is 2.57. The van der Waals surface area contributed by atoms with E-state index in [1.165, 1.54) is 15.3 Å². The van der Waals surface area contributed by atoms with Crippen LogP contribution in [0.1, 0.15) is 41.1 Å². The molecule has 1 saturated heterocycles. The van der Waals surface area contributed by atoms with E-state index in [1.807, 2.05) is 11.8 Å². The maximum absolute atomic E-state index is 11.8. The van der Waals surface area contributed by atoms with Gasteiger partial charge in [0.15, 0.2) is 0 Å². The third-order valence-electron chi connectivity index (χ3n) is 3.30. The van der Waals surface area contributed by atoms with Crippen LogP contribution >= 0.6 is 11.3 Å². The van der Waals surface area contributed by atoms with Crippen LogP contribution in [-0.4, -0.2) is 23.1 Å². The summed E-state index contributed by atoms with van der Waals surface area (Å²) in [6.07, 6.45) is 0.574. The summed E-state index contributed by atoms with van der Waals surface area (Å²) in [7, 11) is 0. The monoisotopic (exact) mass is 251 g/mol. The lowest BCUT2D eigenvalue weighted by Crippen LogP contribution is -2.40. The number of nitrogens with zero attached hydrogens (tertiary/aromatic N) is 1. The van der Waals surface area contributed by atoms with Gasteiger partial charge >= 0.3 is 0 Å². The van der Waals surface area contributed by atoms with Crippen LogP contribution < -0.4 is 0 Å². The second-order valence-corrected chi connectivity index (χ2v) is 6.06. The zero-order chi connectivity index (χ0) is 12.6. The van der Waals surface area contributed by atoms with Gasteiger partial charge in [-0.25, -0.2) is 0 Å². The number of amides is 1. The molecule has 0 aliphatic carbocycles. The maximum Gasteiger partial charge on any atom is 0.230 e. The standard InChI is InChI=1S/C13H17NO2S/c1-8-6-12(10(3)17-8)9(2)14-5-4-11(15)7-13(14)16/h6,9H,4-5,7H2,1-3H3. The van der Waals surface area contributed by atoms with Crippen LogP contribution in [0.4, 0.5) is 0 Å². The predicted octanol–water partition coefficient (Wildman–Crippen LogP) is 2.62. The van der Waals surface area contributed by atoms with Crippen molar-refractivity contribution >= 4 is 23.0 Å². The van der Waals surface area contributed by atoms with E-state index in [0.717, 1.165) is 0 Å². The lowest BCUT2D eigenvalue weighted by Gasteiger charge is -2.32. The molecule has 1 unspecified atom stereocenters. The summed E-state index contributed by atoms with van der Waals surface area (Å²) in [4.78, 5) is 27.4. The van der Waals surface area contributed by atoms with Gasteiger partial charge in [-0.2, -0.15) is 0 Å². The molecule has 1 aromatic rings. The van der Waals surface area contributed by atoms with Crippen LogP contribution in [0.2, 0.25) is 0 Å². The van der Waals surface area contributed by atoms with Crippen molar-refractivity contribution in [1.29, 1.82) is 0 Å². The van der Waals surface area contributed by atoms with Crippen molar-refractivity contribution < 1.29 is 9.59 Å². The minimum atomic E-state index is -0.0306. The molecule has 0 saturated carbocycles. The van der Waals surface area contributed by atoms with Gasteiger partial charge in [0.25, 0.3) is 0 Å². The fourth-order valence-corrected chi connectivity index (χ4v) is 3.39. The number of thiophene rings is 1. The van der Waals surface area contributed by atoms with Gasteiger partial charge in [-0.3, -0.25) is 9.59 Å². The SMILES string of the molecule is Cc1cc(C(C)N2CCC(=O)CC2=O)c(C)s1. The molecule has 4 heteroatoms. The first-order chi connectivity index (χ1) is 7.99. The molecule has 17 heavy (non-hydrogen) atoms. The molecule has 1 fully saturated rings. The highest BCUT2D eigenvalue weighted by Gasteiger charge is 2.29. The van der Waals surface area contributed by atoms with Gasteiger partial charge in [-0.05, 0) is 32.4 Å². The number of rotatable bonds is 2. The molecular formula is C13H17NO2S. The summed E-state index contributed by atoms with van der Waals surface area (Å²) >= 11 is 1.76. The lowest BCUT2D eigenvalue weighted by molar-refractivity contribution is -0.141. The third kappa shape index (κ3) is 2.41. The molecule has 1 aromatic heterocycles. The Morgan fingerprint density at radius 3 is 2.59 bits per heavy atom. The van der Waals surface area contributed by atoms with Crippen LogP contribution in [0.15, 0.2) is 6.07 Å². The number of Topliss-reactive ketones (excluding diaryl/α,β-unsaturated/α-hetero) is 1. The Hall–Kier alpha value is -1.16. The fraction of sp³-hybridized carbons (Fsp3) is 0.538. The average molecular weight is 251 g/mol. The molecule has 1 aliphatic heterocycles. The Kier molecular flexibility index (Phi) is 3.33. The molecule has 0 bridgehead atoms. The van der Waals surface area contributed by atoms with E-state index in [4.69, 9.17) is 0 Å². The molecular weight excluding hydrogens is 234 g/mol. The van der Waals surface area contributed by atoms with Gasteiger partial charge in [0.2, 0.25) is 5.91 Å². The van der Waals surface area contributed by atoms with Gasteiger partial charge in [0.1, 0.15) is 5.78 Å². The largest absolute Gasteiger partial charge is 0.335 e. The number of carbonyl (C=O) groups is 2. The Morgan fingerprint density at radius 1 is 1.35 bits per heavy atom. The first kappa shape index (κ1) is 12.3. The fourth-order valence-electron chi connectivity index (χ4n) is 2.37. The summed E-state index contributed by atoms with van der Waals surface area (Å²) < 4.78 is 0. The smallest absolute Gasteiger partial charge is 0.230 e. The first-order valence-electron chi connectivity index (χ1n) is 5.87. The van der Waals surface area contributed by atoms with E-state index in [9.17, 15) is 9.59 Å². The topological polar surface area (TPSA) is 37.4 Å². The molecule has 0 aromatic carbocycles. The number of aryl methyl sites for hydroxylation is 2. The van der Waals surface area contributed by atoms with Gasteiger partial charge in [0, 0.05) is 22.7 Å². The summed E-state index contributed by atoms with van der Waals surface area (Å²) in [5, 5.41) is 0. The maximum atomic E-state index is 11.8. The molecule has 0 radical (unpaired) electrons. The van der Waals surface area contributed by atoms with E-state index in [1.54, 1.807) is 11.3 Å². The highest BCUT2D eigenvalue weighted by atomic mass is 32.1. The Morgan fingerprint density at radius 2 is 2.06 bits per heavy atom. The zero-order valence-electron chi connectivity index (χ0n) is 10.4. The van der Waals surface area contributed by atoms with E-state index in [-0.39, 0.29) is 24.2 Å². The van der Waals surface area contributed by atoms with Crippen LogP contribution in [-0.2, 0) is 9.59 Å². The summed E-state index contributed by atoms with van der Waals surface area (Å²) in [6, 6.07) is 2.23. The Bertz CT molecular complexity index is 464. The molecule has 1 aliphatic rings. The van der Waals surface area contributed by atoms with Gasteiger partial charge in [0.05, 0.1) is 12.5 Å². The quantitative estimate of drug-likeness (QED) is 0.758. The molecule has 2 heterocycles. The van der Waals surface area contributed by atoms with Crippen LogP contribution in [0.3, 0.4) is 0 Å². The van der Waals surface area contributed by atoms with Crippen LogP contribution in [0.5, 0.6) is 0 Å². The van der Waals surface area contributed by atoms with Gasteiger partial charge in [-0.15, -0.1) is 11.3 Å². The van der Waals surface area contributed by atoms with Crippen molar-refractivity contribution in [3.05, 3.63) is 21.4 Å². The highest BCUT2D eigenvalue weighted by Crippen LogP contribution is 2.31. The van der Waals surface area contributed by atoms with Crippen LogP contribution in [0.25, 0.3) is 0 Å². The number of ketones is 1. The van der Waals surface area contributed by atoms with Crippen molar-refractivity contribution in [3.63, 3.8) is 0 Å². The summed E-state index contributed by atoms with van der Waals surface area (Å²) in [5.74, 6) is 0.0358. The van der Waals surface area contributed by atoms with E-state index >= 15 is 0 Å². The predicted molar refractivity (Wildman–Crippen MR) is 68.2 cm³/mol. The van der Waals surface area contributed by atoms with Crippen molar-refractivity contribution in [2.24, 2.45) is 0 Å². The lowest BCUT2D eigenvalue weighted by atomic mass is 10.0. The van der Waals surface area contributed by atoms with Gasteiger partial charge in [-0.1, -0.05) is 0 Å². The number of hydrogen-bond donors (Lipinski definition) is 0. The molecule has 0 spiro atoms. The summed E-state index contributed by atoms with van der Waals surface area (Å²) in [6.45, 7) is 6.77. The number of carbonyl (C=O) groups excluding carboxylic acids is 2. The van der Waals surface area contributed by atoms with Gasteiger partial charge < -0.3 is 4.90 Å². The van der Waals surface area contributed by atoms with Crippen molar-refractivity contribution in [1.82, 2.24) is 4.90 Å². The molecule has 0 N–H and O–H groups in total. The number of piperidine rings is 1. The number of hydrogen-bond acceptors (Lipinski definition) is 3. The molecule has 92 valence electrons. The molecule has 1 amide bonds. The third-order valence-corrected chi connectivity index (χ3v) is 4.28. The first-order valence-corrected chi connectivity index (χ1v) is 6.69. The number of likely N-dealkylation sites (tertiary alicyclic amines) is 1. The normalized spacial score (nSPS) is 18.6. The minimum Gasteiger partial charge on any atom is -0.335 e. The van der Waals surface area contributed by atoms with Crippen LogP contribution in [0, 0.1) is 13.8 Å². The Balaban J connectivity index is 2.20. The second kappa shape index (κ2) is 4.61. The Labute approximate surface area is 105 Å². The molecule has 2 rings (SSSR count). The van der Waals surface area contributed by atoms with Crippen molar-refractivity contribution in [2.75, 3.05) is 6.54 Å². The van der Waals surface area contributed by atoms with E-state index in [2.05, 4.69) is 19.9 Å². The van der Waals surface area contributed by atoms with E-state index < -0.39 is 0 Å². The van der Waals surface area contributed by atoms with E-state index in [0.29, 0.717) is 13.0 Å². The second-order valence-electron chi connectivity index (χ2n) is 4.60. The molecule has 1 atom stereocenters. The molecule has 3 nitrogen and oxygen atoms in total. The highest BCUT2D eigenvalue weighted by molar-refractivity contribution is 7.12. The summed E-state index contributed by atoms with van der Waals surface area (Å²) in [5.41, 5.74) is 1.22. The minimum absolute atomic E-state index is 0.0306.